The number of ether oxygens (including phenoxy) is 2. The lowest BCUT2D eigenvalue weighted by atomic mass is 10.1. The maximum atomic E-state index is 12.9. The number of fused-ring (bicyclic) bond motifs is 1. The van der Waals surface area contributed by atoms with Gasteiger partial charge in [0.15, 0.2) is 5.13 Å². The number of carbonyl (C=O) groups excluding carboxylic acids is 2. The van der Waals surface area contributed by atoms with Crippen LogP contribution in [0.15, 0.2) is 36.4 Å². The molecule has 1 aromatic heterocycles. The molecule has 2 N–H and O–H groups in total. The SMILES string of the molecule is CCOc1ccc(C(=O)NC(=O)Nc2nc3ccc(CN4CCN(C)CC4)cc3s2)cc1N1CCOCC1. The zero-order chi connectivity index (χ0) is 26.5. The molecule has 10 nitrogen and oxygen atoms in total. The molecule has 0 unspecified atom stereocenters. The van der Waals surface area contributed by atoms with Gasteiger partial charge in [0.05, 0.1) is 35.7 Å². The maximum absolute atomic E-state index is 12.9. The smallest absolute Gasteiger partial charge is 0.327 e. The number of thiazole rings is 1. The van der Waals surface area contributed by atoms with Crippen LogP contribution in [-0.4, -0.2) is 92.9 Å². The van der Waals surface area contributed by atoms with Crippen molar-refractivity contribution in [3.8, 4) is 5.75 Å². The molecule has 0 radical (unpaired) electrons. The largest absolute Gasteiger partial charge is 0.492 e. The van der Waals surface area contributed by atoms with Crippen LogP contribution < -0.4 is 20.3 Å². The Hall–Kier alpha value is -3.25. The first-order valence-corrected chi connectivity index (χ1v) is 13.8. The van der Waals surface area contributed by atoms with E-state index in [1.807, 2.05) is 13.0 Å². The van der Waals surface area contributed by atoms with Crippen molar-refractivity contribution in [1.29, 1.82) is 0 Å². The Morgan fingerprint density at radius 1 is 1.05 bits per heavy atom. The Kier molecular flexibility index (Phi) is 8.38. The van der Waals surface area contributed by atoms with Crippen LogP contribution in [0.25, 0.3) is 10.2 Å². The molecule has 11 heteroatoms. The van der Waals surface area contributed by atoms with E-state index in [0.717, 1.165) is 48.6 Å². The molecular weight excluding hydrogens is 504 g/mol. The number of benzene rings is 2. The first-order valence-electron chi connectivity index (χ1n) is 13.0. The van der Waals surface area contributed by atoms with Gasteiger partial charge in [-0.25, -0.2) is 9.78 Å². The van der Waals surface area contributed by atoms with E-state index in [-0.39, 0.29) is 0 Å². The van der Waals surface area contributed by atoms with Crippen LogP contribution in [0.4, 0.5) is 15.6 Å². The van der Waals surface area contributed by atoms with Crippen molar-refractivity contribution < 1.29 is 19.1 Å². The standard InChI is InChI=1S/C27H34N6O4S/c1-3-37-23-7-5-20(17-22(23)33-12-14-36-15-13-33)25(34)29-26(35)30-27-28-21-6-4-19(16-24(21)38-27)18-32-10-8-31(2)9-11-32/h4-7,16-17H,3,8-15,18H2,1-2H3,(H2,28,29,30,34,35). The summed E-state index contributed by atoms with van der Waals surface area (Å²) in [7, 11) is 2.15. The maximum Gasteiger partial charge on any atom is 0.327 e. The molecule has 0 saturated carbocycles. The van der Waals surface area contributed by atoms with Gasteiger partial charge in [-0.15, -0.1) is 0 Å². The fourth-order valence-corrected chi connectivity index (χ4v) is 5.60. The molecule has 38 heavy (non-hydrogen) atoms. The van der Waals surface area contributed by atoms with Gasteiger partial charge in [-0.2, -0.15) is 0 Å². The normalized spacial score (nSPS) is 16.9. The van der Waals surface area contributed by atoms with Crippen molar-refractivity contribution in [2.75, 3.05) is 76.4 Å². The van der Waals surface area contributed by atoms with Gasteiger partial charge in [-0.1, -0.05) is 17.4 Å². The number of rotatable bonds is 7. The molecule has 0 aliphatic carbocycles. The van der Waals surface area contributed by atoms with E-state index in [2.05, 4.69) is 49.5 Å². The second-order valence-electron chi connectivity index (χ2n) is 9.52. The summed E-state index contributed by atoms with van der Waals surface area (Å²) in [4.78, 5) is 37.0. The van der Waals surface area contributed by atoms with Gasteiger partial charge in [0.2, 0.25) is 0 Å². The van der Waals surface area contributed by atoms with Crippen LogP contribution in [0.2, 0.25) is 0 Å². The second-order valence-corrected chi connectivity index (χ2v) is 10.6. The fraction of sp³-hybridized carbons (Fsp3) is 0.444. The molecule has 3 amide bonds. The summed E-state index contributed by atoms with van der Waals surface area (Å²) in [6, 6.07) is 10.8. The molecule has 0 bridgehead atoms. The van der Waals surface area contributed by atoms with Gasteiger partial charge in [0, 0.05) is 51.4 Å². The van der Waals surface area contributed by atoms with Gasteiger partial charge in [-0.3, -0.25) is 20.3 Å². The van der Waals surface area contributed by atoms with E-state index in [0.29, 0.717) is 49.4 Å². The minimum absolute atomic E-state index is 0.378. The van der Waals surface area contributed by atoms with Gasteiger partial charge in [0.25, 0.3) is 5.91 Å². The van der Waals surface area contributed by atoms with Crippen LogP contribution in [-0.2, 0) is 11.3 Å². The predicted octanol–water partition coefficient (Wildman–Crippen LogP) is 3.24. The van der Waals surface area contributed by atoms with Crippen LogP contribution in [0.3, 0.4) is 0 Å². The summed E-state index contributed by atoms with van der Waals surface area (Å²) in [6.45, 7) is 10.3. The van der Waals surface area contributed by atoms with Crippen molar-refractivity contribution in [2.24, 2.45) is 0 Å². The molecule has 2 aliphatic heterocycles. The van der Waals surface area contributed by atoms with Crippen molar-refractivity contribution in [2.45, 2.75) is 13.5 Å². The lowest BCUT2D eigenvalue weighted by molar-refractivity contribution is 0.0967. The Morgan fingerprint density at radius 3 is 2.61 bits per heavy atom. The van der Waals surface area contributed by atoms with Crippen molar-refractivity contribution in [3.05, 3.63) is 47.5 Å². The van der Waals surface area contributed by atoms with E-state index < -0.39 is 11.9 Å². The molecule has 0 atom stereocenters. The number of piperazine rings is 1. The third kappa shape index (κ3) is 6.41. The lowest BCUT2D eigenvalue weighted by Gasteiger charge is -2.32. The summed E-state index contributed by atoms with van der Waals surface area (Å²) in [6.07, 6.45) is 0. The zero-order valence-corrected chi connectivity index (χ0v) is 22.7. The third-order valence-electron chi connectivity index (χ3n) is 6.78. The molecule has 2 fully saturated rings. The Balaban J connectivity index is 1.22. The lowest BCUT2D eigenvalue weighted by Crippen LogP contribution is -2.43. The number of hydrogen-bond donors (Lipinski definition) is 2. The minimum Gasteiger partial charge on any atom is -0.492 e. The Morgan fingerprint density at radius 2 is 1.84 bits per heavy atom. The number of nitrogens with zero attached hydrogens (tertiary/aromatic N) is 4. The number of urea groups is 1. The first kappa shape index (κ1) is 26.4. The van der Waals surface area contributed by atoms with Crippen LogP contribution >= 0.6 is 11.3 Å². The summed E-state index contributed by atoms with van der Waals surface area (Å²) < 4.78 is 12.2. The highest BCUT2D eigenvalue weighted by atomic mass is 32.1. The van der Waals surface area contributed by atoms with E-state index in [1.165, 1.54) is 16.9 Å². The fourth-order valence-electron chi connectivity index (χ4n) is 4.68. The highest BCUT2D eigenvalue weighted by Crippen LogP contribution is 2.31. The number of amides is 3. The zero-order valence-electron chi connectivity index (χ0n) is 21.9. The second kappa shape index (κ2) is 12.1. The number of hydrogen-bond acceptors (Lipinski definition) is 9. The van der Waals surface area contributed by atoms with Gasteiger partial charge < -0.3 is 19.3 Å². The van der Waals surface area contributed by atoms with E-state index >= 15 is 0 Å². The Bertz CT molecular complexity index is 1280. The molecule has 0 spiro atoms. The third-order valence-corrected chi connectivity index (χ3v) is 7.71. The summed E-state index contributed by atoms with van der Waals surface area (Å²) >= 11 is 1.40. The number of likely N-dealkylation sites (N-methyl/N-ethyl adjacent to an activating group) is 1. The van der Waals surface area contributed by atoms with E-state index in [4.69, 9.17) is 9.47 Å². The molecule has 2 saturated heterocycles. The summed E-state index contributed by atoms with van der Waals surface area (Å²) in [5, 5.41) is 5.59. The quantitative estimate of drug-likeness (QED) is 0.473. The number of imide groups is 1. The molecule has 2 aliphatic rings. The summed E-state index contributed by atoms with van der Waals surface area (Å²) in [5.74, 6) is 0.215. The molecule has 202 valence electrons. The highest BCUT2D eigenvalue weighted by Gasteiger charge is 2.20. The molecule has 3 aromatic rings. The first-order chi connectivity index (χ1) is 18.5. The molecule has 5 rings (SSSR count). The monoisotopic (exact) mass is 538 g/mol. The number of aromatic nitrogens is 1. The van der Waals surface area contributed by atoms with Crippen molar-refractivity contribution in [1.82, 2.24) is 20.1 Å². The van der Waals surface area contributed by atoms with Crippen LogP contribution in [0, 0.1) is 0 Å². The van der Waals surface area contributed by atoms with Crippen LogP contribution in [0.1, 0.15) is 22.8 Å². The van der Waals surface area contributed by atoms with E-state index in [9.17, 15) is 9.59 Å². The topological polar surface area (TPSA) is 99.3 Å². The van der Waals surface area contributed by atoms with E-state index in [1.54, 1.807) is 18.2 Å². The minimum atomic E-state index is -0.617. The van der Waals surface area contributed by atoms with Crippen molar-refractivity contribution in [3.63, 3.8) is 0 Å². The van der Waals surface area contributed by atoms with Gasteiger partial charge in [-0.05, 0) is 49.9 Å². The molecule has 2 aromatic carbocycles. The number of morpholine rings is 1. The Labute approximate surface area is 226 Å². The highest BCUT2D eigenvalue weighted by molar-refractivity contribution is 7.22. The average Bonchev–Trinajstić information content (AvgIpc) is 3.32. The molecular formula is C27H34N6O4S. The number of carbonyl (C=O) groups is 2. The summed E-state index contributed by atoms with van der Waals surface area (Å²) in [5.41, 5.74) is 3.24. The average molecular weight is 539 g/mol. The van der Waals surface area contributed by atoms with Gasteiger partial charge in [0.1, 0.15) is 5.75 Å². The number of nitrogens with one attached hydrogen (secondary N) is 2. The molecule has 3 heterocycles. The number of anilines is 2. The van der Waals surface area contributed by atoms with Gasteiger partial charge >= 0.3 is 6.03 Å². The predicted molar refractivity (Wildman–Crippen MR) is 150 cm³/mol. The van der Waals surface area contributed by atoms with Crippen LogP contribution in [0.5, 0.6) is 5.75 Å². The van der Waals surface area contributed by atoms with Crippen molar-refractivity contribution >= 4 is 44.3 Å².